The molecule has 0 aliphatic carbocycles. The molecule has 0 aromatic heterocycles. The standard InChI is InChI=1S/C6H13NO/c1-4-6(3)7-8-5-2/h4-5H2,1-3H3/b7-6+. The molecule has 0 atom stereocenters. The molecule has 0 rings (SSSR count). The van der Waals surface area contributed by atoms with Crippen LogP contribution in [0.15, 0.2) is 5.16 Å². The molecule has 0 unspecified atom stereocenters. The molecule has 0 radical (unpaired) electrons. The summed E-state index contributed by atoms with van der Waals surface area (Å²) in [5, 5.41) is 3.78. The van der Waals surface area contributed by atoms with Crippen LogP contribution in [-0.4, -0.2) is 12.3 Å². The van der Waals surface area contributed by atoms with Crippen LogP contribution < -0.4 is 0 Å². The van der Waals surface area contributed by atoms with E-state index in [4.69, 9.17) is 4.84 Å². The van der Waals surface area contributed by atoms with Crippen LogP contribution in [-0.2, 0) is 4.84 Å². The Balaban J connectivity index is 3.26. The van der Waals surface area contributed by atoms with Gasteiger partial charge >= 0.3 is 0 Å². The number of hydrogen-bond donors (Lipinski definition) is 0. The molecule has 0 fully saturated rings. The second-order valence-corrected chi connectivity index (χ2v) is 1.60. The highest BCUT2D eigenvalue weighted by Gasteiger charge is 1.81. The molecule has 0 N–H and O–H groups in total. The zero-order valence-electron chi connectivity index (χ0n) is 5.77. The van der Waals surface area contributed by atoms with E-state index < -0.39 is 0 Å². The van der Waals surface area contributed by atoms with Gasteiger partial charge in [0.15, 0.2) is 0 Å². The summed E-state index contributed by atoms with van der Waals surface area (Å²) in [6, 6.07) is 0. The predicted molar refractivity (Wildman–Crippen MR) is 35.0 cm³/mol. The maximum atomic E-state index is 4.77. The van der Waals surface area contributed by atoms with Crippen molar-refractivity contribution in [3.05, 3.63) is 0 Å². The molecule has 0 aromatic rings. The van der Waals surface area contributed by atoms with Crippen molar-refractivity contribution in [2.75, 3.05) is 6.61 Å². The van der Waals surface area contributed by atoms with Gasteiger partial charge in [-0.15, -0.1) is 0 Å². The summed E-state index contributed by atoms with van der Waals surface area (Å²) in [5.74, 6) is 0. The Morgan fingerprint density at radius 2 is 2.12 bits per heavy atom. The van der Waals surface area contributed by atoms with Crippen LogP contribution in [0.25, 0.3) is 0 Å². The zero-order chi connectivity index (χ0) is 6.41. The largest absolute Gasteiger partial charge is 0.396 e. The molecule has 0 heterocycles. The molecule has 0 amide bonds. The number of hydrogen-bond acceptors (Lipinski definition) is 2. The fraction of sp³-hybridized carbons (Fsp3) is 0.833. The van der Waals surface area contributed by atoms with Crippen molar-refractivity contribution < 1.29 is 4.84 Å². The first-order valence-corrected chi connectivity index (χ1v) is 2.96. The molecule has 0 saturated heterocycles. The van der Waals surface area contributed by atoms with Crippen LogP contribution >= 0.6 is 0 Å². The molecule has 0 aromatic carbocycles. The van der Waals surface area contributed by atoms with E-state index in [1.165, 1.54) is 0 Å². The highest BCUT2D eigenvalue weighted by Crippen LogP contribution is 1.84. The number of nitrogens with zero attached hydrogens (tertiary/aromatic N) is 1. The van der Waals surface area contributed by atoms with Crippen molar-refractivity contribution in [2.24, 2.45) is 5.16 Å². The Kier molecular flexibility index (Phi) is 4.32. The summed E-state index contributed by atoms with van der Waals surface area (Å²) in [4.78, 5) is 4.77. The zero-order valence-corrected chi connectivity index (χ0v) is 5.77. The van der Waals surface area contributed by atoms with Gasteiger partial charge in [-0.3, -0.25) is 0 Å². The van der Waals surface area contributed by atoms with E-state index in [2.05, 4.69) is 12.1 Å². The minimum atomic E-state index is 0.664. The van der Waals surface area contributed by atoms with Gasteiger partial charge in [0, 0.05) is 0 Å². The quantitative estimate of drug-likeness (QED) is 0.406. The highest BCUT2D eigenvalue weighted by atomic mass is 16.6. The summed E-state index contributed by atoms with van der Waals surface area (Å²) in [6.45, 7) is 6.59. The molecule has 0 aliphatic heterocycles. The maximum Gasteiger partial charge on any atom is 0.114 e. The topological polar surface area (TPSA) is 21.6 Å². The Hall–Kier alpha value is -0.530. The molecule has 0 spiro atoms. The van der Waals surface area contributed by atoms with Gasteiger partial charge < -0.3 is 4.84 Å². The Morgan fingerprint density at radius 3 is 2.50 bits per heavy atom. The summed E-state index contributed by atoms with van der Waals surface area (Å²) in [6.07, 6.45) is 0.972. The lowest BCUT2D eigenvalue weighted by Crippen LogP contribution is -1.89. The van der Waals surface area contributed by atoms with Crippen LogP contribution in [0.2, 0.25) is 0 Å². The molecular formula is C6H13NO. The third-order valence-electron chi connectivity index (χ3n) is 0.861. The lowest BCUT2D eigenvalue weighted by Gasteiger charge is -1.93. The van der Waals surface area contributed by atoms with Gasteiger partial charge in [-0.1, -0.05) is 12.1 Å². The third-order valence-corrected chi connectivity index (χ3v) is 0.861. The second kappa shape index (κ2) is 4.62. The van der Waals surface area contributed by atoms with Gasteiger partial charge in [0.2, 0.25) is 0 Å². The lowest BCUT2D eigenvalue weighted by atomic mass is 10.3. The maximum absolute atomic E-state index is 4.77. The summed E-state index contributed by atoms with van der Waals surface area (Å²) in [7, 11) is 0. The lowest BCUT2D eigenvalue weighted by molar-refractivity contribution is 0.158. The van der Waals surface area contributed by atoms with E-state index >= 15 is 0 Å². The monoisotopic (exact) mass is 115 g/mol. The van der Waals surface area contributed by atoms with Crippen LogP contribution in [0.1, 0.15) is 27.2 Å². The molecule has 8 heavy (non-hydrogen) atoms. The van der Waals surface area contributed by atoms with E-state index in [0.29, 0.717) is 6.61 Å². The first-order valence-electron chi connectivity index (χ1n) is 2.96. The predicted octanol–water partition coefficient (Wildman–Crippen LogP) is 1.81. The van der Waals surface area contributed by atoms with E-state index in [-0.39, 0.29) is 0 Å². The van der Waals surface area contributed by atoms with Crippen molar-refractivity contribution in [1.29, 1.82) is 0 Å². The van der Waals surface area contributed by atoms with Crippen LogP contribution in [0.4, 0.5) is 0 Å². The fourth-order valence-electron chi connectivity index (χ4n) is 0.239. The molecule has 48 valence electrons. The Labute approximate surface area is 50.5 Å². The van der Waals surface area contributed by atoms with Gasteiger partial charge in [-0.2, -0.15) is 0 Å². The first-order chi connectivity index (χ1) is 3.81. The molecular weight excluding hydrogens is 102 g/mol. The van der Waals surface area contributed by atoms with Gasteiger partial charge in [0.25, 0.3) is 0 Å². The van der Waals surface area contributed by atoms with Crippen molar-refractivity contribution in [3.63, 3.8) is 0 Å². The third kappa shape index (κ3) is 3.65. The molecule has 2 nitrogen and oxygen atoms in total. The highest BCUT2D eigenvalue weighted by molar-refractivity contribution is 5.80. The number of oxime groups is 1. The molecule has 0 aliphatic rings. The van der Waals surface area contributed by atoms with Crippen molar-refractivity contribution >= 4 is 5.71 Å². The SMILES string of the molecule is CCO/N=C(\C)CC. The Bertz CT molecular complexity index is 78.6. The fourth-order valence-corrected chi connectivity index (χ4v) is 0.239. The molecule has 2 heteroatoms. The minimum absolute atomic E-state index is 0.664. The van der Waals surface area contributed by atoms with E-state index in [0.717, 1.165) is 12.1 Å². The summed E-state index contributed by atoms with van der Waals surface area (Å²) in [5.41, 5.74) is 1.05. The van der Waals surface area contributed by atoms with E-state index in [1.807, 2.05) is 13.8 Å². The first kappa shape index (κ1) is 7.47. The van der Waals surface area contributed by atoms with Crippen molar-refractivity contribution in [3.8, 4) is 0 Å². The van der Waals surface area contributed by atoms with E-state index in [1.54, 1.807) is 0 Å². The van der Waals surface area contributed by atoms with Gasteiger partial charge in [-0.05, 0) is 20.3 Å². The smallest absolute Gasteiger partial charge is 0.114 e. The van der Waals surface area contributed by atoms with Gasteiger partial charge in [-0.25, -0.2) is 0 Å². The van der Waals surface area contributed by atoms with Crippen LogP contribution in [0.5, 0.6) is 0 Å². The number of rotatable bonds is 3. The van der Waals surface area contributed by atoms with Crippen molar-refractivity contribution in [2.45, 2.75) is 27.2 Å². The molecule has 0 bridgehead atoms. The average molecular weight is 115 g/mol. The van der Waals surface area contributed by atoms with Gasteiger partial charge in [0.05, 0.1) is 5.71 Å². The normalized spacial score (nSPS) is 11.6. The van der Waals surface area contributed by atoms with Crippen LogP contribution in [0, 0.1) is 0 Å². The summed E-state index contributed by atoms with van der Waals surface area (Å²) < 4.78 is 0. The summed E-state index contributed by atoms with van der Waals surface area (Å²) >= 11 is 0. The van der Waals surface area contributed by atoms with E-state index in [9.17, 15) is 0 Å². The second-order valence-electron chi connectivity index (χ2n) is 1.60. The minimum Gasteiger partial charge on any atom is -0.396 e. The Morgan fingerprint density at radius 1 is 1.50 bits per heavy atom. The van der Waals surface area contributed by atoms with Crippen LogP contribution in [0.3, 0.4) is 0 Å². The molecule has 0 saturated carbocycles. The van der Waals surface area contributed by atoms with Crippen molar-refractivity contribution in [1.82, 2.24) is 0 Å². The average Bonchev–Trinajstić information content (AvgIpc) is 1.83. The van der Waals surface area contributed by atoms with Gasteiger partial charge in [0.1, 0.15) is 6.61 Å².